The minimum Gasteiger partial charge on any atom is -0.340 e. The quantitative estimate of drug-likeness (QED) is 0.762. The molecule has 5 heteroatoms. The summed E-state index contributed by atoms with van der Waals surface area (Å²) in [5.41, 5.74) is 3.83. The van der Waals surface area contributed by atoms with E-state index in [0.717, 1.165) is 17.0 Å². The second-order valence-corrected chi connectivity index (χ2v) is 5.12. The highest BCUT2D eigenvalue weighted by Gasteiger charge is 2.08. The molecule has 0 bridgehead atoms. The Morgan fingerprint density at radius 2 is 1.85 bits per heavy atom. The summed E-state index contributed by atoms with van der Waals surface area (Å²) in [4.78, 5) is 16.0. The Morgan fingerprint density at radius 3 is 2.55 bits per heavy atom. The Hall–Kier alpha value is -2.43. The van der Waals surface area contributed by atoms with Crippen LogP contribution >= 0.6 is 0 Å². The number of aryl methyl sites for hydroxylation is 1. The lowest BCUT2D eigenvalue weighted by Gasteiger charge is -2.09. The van der Waals surface area contributed by atoms with Gasteiger partial charge in [-0.15, -0.1) is 0 Å². The van der Waals surface area contributed by atoms with Gasteiger partial charge in [0.1, 0.15) is 11.3 Å². The molecule has 0 saturated carbocycles. The number of nitrogens with zero attached hydrogens (tertiary/aromatic N) is 3. The molecule has 5 nitrogen and oxygen atoms in total. The number of benzene rings is 1. The number of rotatable bonds is 3. The molecular formula is C15H17N5. The van der Waals surface area contributed by atoms with Crippen LogP contribution in [0.4, 0.5) is 11.5 Å². The molecule has 20 heavy (non-hydrogen) atoms. The molecule has 0 aliphatic carbocycles. The number of imidazole rings is 1. The summed E-state index contributed by atoms with van der Waals surface area (Å²) >= 11 is 0. The Kier molecular flexibility index (Phi) is 3.10. The van der Waals surface area contributed by atoms with Crippen molar-refractivity contribution in [1.82, 2.24) is 19.9 Å². The van der Waals surface area contributed by atoms with Gasteiger partial charge >= 0.3 is 0 Å². The number of aromatic nitrogens is 4. The third-order valence-electron chi connectivity index (χ3n) is 3.24. The molecular weight excluding hydrogens is 250 g/mol. The molecule has 2 aromatic heterocycles. The van der Waals surface area contributed by atoms with E-state index < -0.39 is 0 Å². The molecule has 102 valence electrons. The third-order valence-corrected chi connectivity index (χ3v) is 3.24. The van der Waals surface area contributed by atoms with Crippen LogP contribution in [-0.4, -0.2) is 19.9 Å². The Balaban J connectivity index is 1.94. The van der Waals surface area contributed by atoms with E-state index in [4.69, 9.17) is 0 Å². The average Bonchev–Trinajstić information content (AvgIpc) is 2.87. The van der Waals surface area contributed by atoms with Gasteiger partial charge in [-0.05, 0) is 30.5 Å². The van der Waals surface area contributed by atoms with Gasteiger partial charge < -0.3 is 10.3 Å². The molecule has 1 aromatic carbocycles. The topological polar surface area (TPSA) is 66.5 Å². The molecule has 0 aliphatic heterocycles. The van der Waals surface area contributed by atoms with Crippen LogP contribution in [-0.2, 0) is 0 Å². The Labute approximate surface area is 117 Å². The van der Waals surface area contributed by atoms with E-state index in [2.05, 4.69) is 63.4 Å². The maximum absolute atomic E-state index is 4.43. The lowest BCUT2D eigenvalue weighted by Crippen LogP contribution is -1.99. The molecule has 2 N–H and O–H groups in total. The summed E-state index contributed by atoms with van der Waals surface area (Å²) in [7, 11) is 0. The number of aromatic amines is 1. The number of anilines is 2. The van der Waals surface area contributed by atoms with E-state index in [-0.39, 0.29) is 0 Å². The predicted octanol–water partition coefficient (Wildman–Crippen LogP) is 3.53. The first-order chi connectivity index (χ1) is 9.63. The SMILES string of the molecule is Cc1nc(Nc2ccc(C(C)C)cc2)c2[nH]cnc2n1. The fourth-order valence-electron chi connectivity index (χ4n) is 2.12. The number of H-pyrrole nitrogens is 1. The lowest BCUT2D eigenvalue weighted by atomic mass is 10.0. The number of hydrogen-bond acceptors (Lipinski definition) is 4. The van der Waals surface area contributed by atoms with Gasteiger partial charge in [0, 0.05) is 5.69 Å². The van der Waals surface area contributed by atoms with Crippen LogP contribution in [0.1, 0.15) is 31.2 Å². The van der Waals surface area contributed by atoms with Gasteiger partial charge in [-0.2, -0.15) is 0 Å². The maximum Gasteiger partial charge on any atom is 0.183 e. The summed E-state index contributed by atoms with van der Waals surface area (Å²) in [5.74, 6) is 1.98. The second kappa shape index (κ2) is 4.92. The van der Waals surface area contributed by atoms with E-state index in [1.165, 1.54) is 5.56 Å². The number of nitrogens with one attached hydrogen (secondary N) is 2. The number of fused-ring (bicyclic) bond motifs is 1. The first kappa shape index (κ1) is 12.6. The largest absolute Gasteiger partial charge is 0.340 e. The highest BCUT2D eigenvalue weighted by atomic mass is 15.1. The average molecular weight is 267 g/mol. The summed E-state index contributed by atoms with van der Waals surface area (Å²) in [6.07, 6.45) is 1.63. The van der Waals surface area contributed by atoms with Gasteiger partial charge in [-0.25, -0.2) is 15.0 Å². The predicted molar refractivity (Wildman–Crippen MR) is 80.2 cm³/mol. The van der Waals surface area contributed by atoms with Crippen LogP contribution in [0, 0.1) is 6.92 Å². The van der Waals surface area contributed by atoms with Crippen LogP contribution in [0.5, 0.6) is 0 Å². The summed E-state index contributed by atoms with van der Waals surface area (Å²) < 4.78 is 0. The van der Waals surface area contributed by atoms with Crippen molar-refractivity contribution in [3.63, 3.8) is 0 Å². The molecule has 0 fully saturated rings. The standard InChI is InChI=1S/C15H17N5/c1-9(2)11-4-6-12(7-5-11)20-15-13-14(17-8-16-13)18-10(3)19-15/h4-9H,1-3H3,(H2,16,17,18,19,20). The van der Waals surface area contributed by atoms with Gasteiger partial charge in [-0.3, -0.25) is 0 Å². The van der Waals surface area contributed by atoms with Crippen molar-refractivity contribution in [1.29, 1.82) is 0 Å². The second-order valence-electron chi connectivity index (χ2n) is 5.12. The molecule has 0 unspecified atom stereocenters. The van der Waals surface area contributed by atoms with Gasteiger partial charge in [0.25, 0.3) is 0 Å². The van der Waals surface area contributed by atoms with Crippen LogP contribution in [0.3, 0.4) is 0 Å². The van der Waals surface area contributed by atoms with Crippen molar-refractivity contribution in [2.24, 2.45) is 0 Å². The Morgan fingerprint density at radius 1 is 1.10 bits per heavy atom. The number of hydrogen-bond donors (Lipinski definition) is 2. The maximum atomic E-state index is 4.43. The summed E-state index contributed by atoms with van der Waals surface area (Å²) in [6, 6.07) is 8.39. The fourth-order valence-corrected chi connectivity index (χ4v) is 2.12. The first-order valence-electron chi connectivity index (χ1n) is 6.68. The molecule has 2 heterocycles. The van der Waals surface area contributed by atoms with Gasteiger partial charge in [0.05, 0.1) is 6.33 Å². The van der Waals surface area contributed by atoms with E-state index >= 15 is 0 Å². The smallest absolute Gasteiger partial charge is 0.183 e. The highest BCUT2D eigenvalue weighted by molar-refractivity contribution is 5.84. The van der Waals surface area contributed by atoms with Crippen molar-refractivity contribution in [2.45, 2.75) is 26.7 Å². The summed E-state index contributed by atoms with van der Waals surface area (Å²) in [6.45, 7) is 6.23. The molecule has 0 amide bonds. The van der Waals surface area contributed by atoms with Crippen LogP contribution in [0.25, 0.3) is 11.2 Å². The summed E-state index contributed by atoms with van der Waals surface area (Å²) in [5, 5.41) is 3.32. The lowest BCUT2D eigenvalue weighted by molar-refractivity contribution is 0.867. The van der Waals surface area contributed by atoms with E-state index in [1.807, 2.05) is 6.92 Å². The first-order valence-corrected chi connectivity index (χ1v) is 6.68. The normalized spacial score (nSPS) is 11.2. The highest BCUT2D eigenvalue weighted by Crippen LogP contribution is 2.23. The molecule has 3 aromatic rings. The molecule has 0 atom stereocenters. The molecule has 0 saturated heterocycles. The van der Waals surface area contributed by atoms with E-state index in [0.29, 0.717) is 17.4 Å². The minimum atomic E-state index is 0.532. The van der Waals surface area contributed by atoms with Crippen molar-refractivity contribution in [2.75, 3.05) is 5.32 Å². The fraction of sp³-hybridized carbons (Fsp3) is 0.267. The third kappa shape index (κ3) is 2.34. The molecule has 0 radical (unpaired) electrons. The molecule has 0 aliphatic rings. The van der Waals surface area contributed by atoms with Crippen LogP contribution < -0.4 is 5.32 Å². The van der Waals surface area contributed by atoms with Gasteiger partial charge in [-0.1, -0.05) is 26.0 Å². The molecule has 0 spiro atoms. The van der Waals surface area contributed by atoms with Crippen molar-refractivity contribution < 1.29 is 0 Å². The van der Waals surface area contributed by atoms with E-state index in [9.17, 15) is 0 Å². The minimum absolute atomic E-state index is 0.532. The van der Waals surface area contributed by atoms with Gasteiger partial charge in [0.15, 0.2) is 11.5 Å². The zero-order valence-electron chi connectivity index (χ0n) is 11.8. The van der Waals surface area contributed by atoms with Crippen molar-refractivity contribution in [3.05, 3.63) is 42.0 Å². The van der Waals surface area contributed by atoms with Gasteiger partial charge in [0.2, 0.25) is 0 Å². The monoisotopic (exact) mass is 267 g/mol. The van der Waals surface area contributed by atoms with E-state index in [1.54, 1.807) is 6.33 Å². The van der Waals surface area contributed by atoms with Crippen molar-refractivity contribution in [3.8, 4) is 0 Å². The van der Waals surface area contributed by atoms with Crippen molar-refractivity contribution >= 4 is 22.7 Å². The zero-order chi connectivity index (χ0) is 14.1. The van der Waals surface area contributed by atoms with Crippen LogP contribution in [0.2, 0.25) is 0 Å². The van der Waals surface area contributed by atoms with Crippen LogP contribution in [0.15, 0.2) is 30.6 Å². The zero-order valence-corrected chi connectivity index (χ0v) is 11.8. The molecule has 3 rings (SSSR count). The Bertz CT molecular complexity index is 728.